The molecule has 1 aliphatic heterocycles. The van der Waals surface area contributed by atoms with Crippen LogP contribution in [-0.4, -0.2) is 30.6 Å². The van der Waals surface area contributed by atoms with E-state index in [1.54, 1.807) is 0 Å². The Hall–Kier alpha value is -1.46. The molecule has 114 valence electrons. The fraction of sp³-hybridized carbons (Fsp3) is 0.562. The van der Waals surface area contributed by atoms with Crippen molar-refractivity contribution in [2.45, 2.75) is 25.4 Å². The van der Waals surface area contributed by atoms with E-state index in [1.807, 2.05) is 0 Å². The maximum Gasteiger partial charge on any atom is 0.223 e. The highest BCUT2D eigenvalue weighted by Crippen LogP contribution is 2.58. The van der Waals surface area contributed by atoms with E-state index in [9.17, 15) is 14.3 Å². The summed E-state index contributed by atoms with van der Waals surface area (Å²) in [5, 5.41) is 16.2. The van der Waals surface area contributed by atoms with Crippen LogP contribution < -0.4 is 10.6 Å². The highest BCUT2D eigenvalue weighted by atomic mass is 19.1. The number of hydrogen-bond acceptors (Lipinski definition) is 3. The molecule has 1 spiro atoms. The van der Waals surface area contributed by atoms with Gasteiger partial charge in [0, 0.05) is 12.5 Å². The van der Waals surface area contributed by atoms with Crippen molar-refractivity contribution in [1.29, 1.82) is 0 Å². The van der Waals surface area contributed by atoms with Crippen molar-refractivity contribution < 1.29 is 14.3 Å². The molecule has 3 rings (SSSR count). The number of aliphatic hydroxyl groups excluding tert-OH is 1. The molecule has 1 aromatic rings. The highest BCUT2D eigenvalue weighted by molar-refractivity contribution is 5.82. The number of aliphatic hydroxyl groups is 1. The maximum atomic E-state index is 12.8. The van der Waals surface area contributed by atoms with Crippen LogP contribution in [0.5, 0.6) is 0 Å². The number of carbonyl (C=O) groups excluding carboxylic acids is 1. The number of hydrogen-bond donors (Lipinski definition) is 3. The minimum atomic E-state index is -0.794. The van der Waals surface area contributed by atoms with Gasteiger partial charge in [-0.1, -0.05) is 12.1 Å². The van der Waals surface area contributed by atoms with Crippen molar-refractivity contribution in [3.05, 3.63) is 35.6 Å². The molecule has 1 saturated heterocycles. The van der Waals surface area contributed by atoms with E-state index in [0.29, 0.717) is 5.56 Å². The summed E-state index contributed by atoms with van der Waals surface area (Å²) in [5.41, 5.74) is 0.819. The van der Waals surface area contributed by atoms with E-state index >= 15 is 0 Å². The summed E-state index contributed by atoms with van der Waals surface area (Å²) in [6.45, 7) is 2.15. The Bertz CT molecular complexity index is 512. The largest absolute Gasteiger partial charge is 0.387 e. The van der Waals surface area contributed by atoms with E-state index in [1.165, 1.54) is 24.3 Å². The number of rotatable bonds is 4. The van der Waals surface area contributed by atoms with E-state index < -0.39 is 6.10 Å². The van der Waals surface area contributed by atoms with Gasteiger partial charge in [-0.25, -0.2) is 4.39 Å². The van der Waals surface area contributed by atoms with Gasteiger partial charge in [0.1, 0.15) is 5.82 Å². The Morgan fingerprint density at radius 2 is 2.05 bits per heavy atom. The number of benzene rings is 1. The van der Waals surface area contributed by atoms with Crippen LogP contribution in [0.1, 0.15) is 30.9 Å². The summed E-state index contributed by atoms with van der Waals surface area (Å²) >= 11 is 0. The van der Waals surface area contributed by atoms with Crippen molar-refractivity contribution in [2.24, 2.45) is 11.3 Å². The van der Waals surface area contributed by atoms with E-state index in [4.69, 9.17) is 0 Å². The Kier molecular flexibility index (Phi) is 3.95. The van der Waals surface area contributed by atoms with Crippen LogP contribution in [0.3, 0.4) is 0 Å². The second-order valence-electron chi connectivity index (χ2n) is 6.18. The minimum Gasteiger partial charge on any atom is -0.387 e. The van der Waals surface area contributed by atoms with Crippen LogP contribution in [0.25, 0.3) is 0 Å². The minimum absolute atomic E-state index is 0.0399. The molecule has 2 atom stereocenters. The first-order valence-corrected chi connectivity index (χ1v) is 7.53. The first-order valence-electron chi connectivity index (χ1n) is 7.53. The molecule has 21 heavy (non-hydrogen) atoms. The average molecular weight is 292 g/mol. The maximum absolute atomic E-state index is 12.8. The molecule has 2 unspecified atom stereocenters. The van der Waals surface area contributed by atoms with Crippen molar-refractivity contribution >= 4 is 5.91 Å². The molecule has 1 heterocycles. The first-order chi connectivity index (χ1) is 10.1. The number of piperidine rings is 1. The molecule has 1 amide bonds. The van der Waals surface area contributed by atoms with Gasteiger partial charge in [-0.2, -0.15) is 0 Å². The first kappa shape index (κ1) is 14.5. The van der Waals surface area contributed by atoms with Crippen molar-refractivity contribution in [2.75, 3.05) is 19.6 Å². The predicted molar refractivity (Wildman–Crippen MR) is 77.0 cm³/mol. The Morgan fingerprint density at radius 1 is 1.38 bits per heavy atom. The lowest BCUT2D eigenvalue weighted by atomic mass is 9.92. The SMILES string of the molecule is O=C(NCC(O)c1ccc(F)cc1)C1CC12CCNCC2. The van der Waals surface area contributed by atoms with Crippen LogP contribution >= 0.6 is 0 Å². The number of nitrogens with one attached hydrogen (secondary N) is 2. The monoisotopic (exact) mass is 292 g/mol. The number of halogens is 1. The third-order valence-corrected chi connectivity index (χ3v) is 4.83. The van der Waals surface area contributed by atoms with Crippen molar-refractivity contribution in [3.63, 3.8) is 0 Å². The smallest absolute Gasteiger partial charge is 0.223 e. The van der Waals surface area contributed by atoms with Gasteiger partial charge in [-0.05, 0) is 55.5 Å². The van der Waals surface area contributed by atoms with Gasteiger partial charge in [0.2, 0.25) is 5.91 Å². The zero-order valence-corrected chi connectivity index (χ0v) is 11.9. The summed E-state index contributed by atoms with van der Waals surface area (Å²) in [5.74, 6) is -0.195. The fourth-order valence-corrected chi connectivity index (χ4v) is 3.32. The molecular weight excluding hydrogens is 271 g/mol. The fourth-order valence-electron chi connectivity index (χ4n) is 3.32. The Labute approximate surface area is 123 Å². The van der Waals surface area contributed by atoms with E-state index in [0.717, 1.165) is 32.4 Å². The molecule has 1 aromatic carbocycles. The normalized spacial score (nSPS) is 24.6. The number of carbonyl (C=O) groups is 1. The molecule has 1 aliphatic carbocycles. The highest BCUT2D eigenvalue weighted by Gasteiger charge is 2.57. The molecule has 0 bridgehead atoms. The van der Waals surface area contributed by atoms with Gasteiger partial charge in [-0.15, -0.1) is 0 Å². The summed E-state index contributed by atoms with van der Waals surface area (Å²) in [6, 6.07) is 5.70. The van der Waals surface area contributed by atoms with Crippen molar-refractivity contribution in [1.82, 2.24) is 10.6 Å². The van der Waals surface area contributed by atoms with Crippen LogP contribution in [0.2, 0.25) is 0 Å². The Morgan fingerprint density at radius 3 is 2.71 bits per heavy atom. The van der Waals surface area contributed by atoms with Crippen LogP contribution in [0.4, 0.5) is 4.39 Å². The summed E-state index contributed by atoms with van der Waals surface area (Å²) in [7, 11) is 0. The molecular formula is C16H21FN2O2. The van der Waals surface area contributed by atoms with Crippen molar-refractivity contribution in [3.8, 4) is 0 Å². The topological polar surface area (TPSA) is 61.4 Å². The van der Waals surface area contributed by atoms with Crippen LogP contribution in [0.15, 0.2) is 24.3 Å². The van der Waals surface area contributed by atoms with Gasteiger partial charge < -0.3 is 15.7 Å². The quantitative estimate of drug-likeness (QED) is 0.785. The molecule has 1 saturated carbocycles. The summed E-state index contributed by atoms with van der Waals surface area (Å²) < 4.78 is 12.8. The second-order valence-corrected chi connectivity index (χ2v) is 6.18. The molecule has 3 N–H and O–H groups in total. The van der Waals surface area contributed by atoms with Gasteiger partial charge >= 0.3 is 0 Å². The molecule has 2 aliphatic rings. The van der Waals surface area contributed by atoms with Gasteiger partial charge in [0.05, 0.1) is 6.10 Å². The third-order valence-electron chi connectivity index (χ3n) is 4.83. The average Bonchev–Trinajstić information content (AvgIpc) is 3.19. The lowest BCUT2D eigenvalue weighted by Gasteiger charge is -2.23. The van der Waals surface area contributed by atoms with Crippen LogP contribution in [0, 0.1) is 17.2 Å². The lowest BCUT2D eigenvalue weighted by Crippen LogP contribution is -2.35. The molecule has 5 heteroatoms. The standard InChI is InChI=1S/C16H21FN2O2/c17-12-3-1-11(2-4-12)14(20)10-19-15(21)13-9-16(13)5-7-18-8-6-16/h1-4,13-14,18,20H,5-10H2,(H,19,21). The molecule has 4 nitrogen and oxygen atoms in total. The van der Waals surface area contributed by atoms with E-state index in [-0.39, 0.29) is 29.6 Å². The third kappa shape index (κ3) is 3.09. The zero-order chi connectivity index (χ0) is 14.9. The van der Waals surface area contributed by atoms with Gasteiger partial charge in [0.25, 0.3) is 0 Å². The van der Waals surface area contributed by atoms with Gasteiger partial charge in [-0.3, -0.25) is 4.79 Å². The second kappa shape index (κ2) is 5.73. The molecule has 0 radical (unpaired) electrons. The predicted octanol–water partition coefficient (Wildman–Crippen LogP) is 1.36. The van der Waals surface area contributed by atoms with Crippen LogP contribution in [-0.2, 0) is 4.79 Å². The summed E-state index contributed by atoms with van der Waals surface area (Å²) in [4.78, 5) is 12.2. The lowest BCUT2D eigenvalue weighted by molar-refractivity contribution is -0.123. The van der Waals surface area contributed by atoms with Gasteiger partial charge in [0.15, 0.2) is 0 Å². The number of amides is 1. The molecule has 2 fully saturated rings. The van der Waals surface area contributed by atoms with E-state index in [2.05, 4.69) is 10.6 Å². The summed E-state index contributed by atoms with van der Waals surface area (Å²) in [6.07, 6.45) is 2.29. The zero-order valence-electron chi connectivity index (χ0n) is 11.9. The Balaban J connectivity index is 1.49. The molecule has 0 aromatic heterocycles.